The second-order valence-corrected chi connectivity index (χ2v) is 3.24. The molecule has 1 aromatic carbocycles. The van der Waals surface area contributed by atoms with E-state index < -0.39 is 4.92 Å². The Labute approximate surface area is 90.0 Å². The van der Waals surface area contributed by atoms with Gasteiger partial charge in [0.15, 0.2) is 11.5 Å². The fourth-order valence-corrected chi connectivity index (χ4v) is 1.50. The molecule has 0 spiro atoms. The summed E-state index contributed by atoms with van der Waals surface area (Å²) in [5.41, 5.74) is 0.598. The SMILES string of the molecule is O=[N+]([O-])C=Cc1cc(Cl)c2c(c1)OCO2. The van der Waals surface area contributed by atoms with Gasteiger partial charge in [0.2, 0.25) is 13.0 Å². The molecule has 0 aliphatic carbocycles. The van der Waals surface area contributed by atoms with Gasteiger partial charge in [-0.15, -0.1) is 0 Å². The molecule has 5 nitrogen and oxygen atoms in total. The van der Waals surface area contributed by atoms with Gasteiger partial charge in [-0.1, -0.05) is 11.6 Å². The maximum absolute atomic E-state index is 10.1. The molecule has 0 N–H and O–H groups in total. The molecule has 2 rings (SSSR count). The molecule has 1 heterocycles. The highest BCUT2D eigenvalue weighted by atomic mass is 35.5. The van der Waals surface area contributed by atoms with E-state index in [0.717, 1.165) is 6.20 Å². The number of hydrogen-bond donors (Lipinski definition) is 0. The van der Waals surface area contributed by atoms with Crippen molar-refractivity contribution in [2.24, 2.45) is 0 Å². The van der Waals surface area contributed by atoms with Crippen molar-refractivity contribution in [2.75, 3.05) is 6.79 Å². The lowest BCUT2D eigenvalue weighted by Gasteiger charge is -1.99. The molecule has 0 bridgehead atoms. The molecule has 1 aliphatic rings. The van der Waals surface area contributed by atoms with E-state index >= 15 is 0 Å². The molecular formula is C9H6ClNO4. The molecule has 6 heteroatoms. The monoisotopic (exact) mass is 227 g/mol. The first-order valence-electron chi connectivity index (χ1n) is 4.07. The minimum Gasteiger partial charge on any atom is -0.454 e. The van der Waals surface area contributed by atoms with Crippen LogP contribution in [0.2, 0.25) is 5.02 Å². The Kier molecular flexibility index (Phi) is 2.47. The largest absolute Gasteiger partial charge is 0.454 e. The maximum atomic E-state index is 10.1. The molecule has 0 saturated heterocycles. The zero-order valence-electron chi connectivity index (χ0n) is 7.47. The van der Waals surface area contributed by atoms with Crippen molar-refractivity contribution in [3.63, 3.8) is 0 Å². The van der Waals surface area contributed by atoms with E-state index in [2.05, 4.69) is 0 Å². The standard InChI is InChI=1S/C9H6ClNO4/c10-7-3-6(1-2-11(12)13)4-8-9(7)15-5-14-8/h1-4H,5H2. The predicted octanol–water partition coefficient (Wildman–Crippen LogP) is 2.32. The van der Waals surface area contributed by atoms with Gasteiger partial charge >= 0.3 is 0 Å². The number of fused-ring (bicyclic) bond motifs is 1. The number of ether oxygens (including phenoxy) is 2. The van der Waals surface area contributed by atoms with E-state index in [1.165, 1.54) is 6.08 Å². The van der Waals surface area contributed by atoms with Gasteiger partial charge in [0.25, 0.3) is 0 Å². The van der Waals surface area contributed by atoms with Crippen molar-refractivity contribution in [1.82, 2.24) is 0 Å². The number of benzene rings is 1. The third-order valence-electron chi connectivity index (χ3n) is 1.84. The second kappa shape index (κ2) is 3.78. The number of rotatable bonds is 2. The molecule has 0 aromatic heterocycles. The van der Waals surface area contributed by atoms with Crippen molar-refractivity contribution in [1.29, 1.82) is 0 Å². The molecular weight excluding hydrogens is 222 g/mol. The van der Waals surface area contributed by atoms with Crippen molar-refractivity contribution < 1.29 is 14.4 Å². The van der Waals surface area contributed by atoms with Gasteiger partial charge in [-0.2, -0.15) is 0 Å². The number of halogens is 1. The molecule has 15 heavy (non-hydrogen) atoms. The number of hydrogen-bond acceptors (Lipinski definition) is 4. The van der Waals surface area contributed by atoms with Gasteiger partial charge < -0.3 is 9.47 Å². The lowest BCUT2D eigenvalue weighted by molar-refractivity contribution is -0.400. The van der Waals surface area contributed by atoms with Crippen LogP contribution in [-0.2, 0) is 0 Å². The third kappa shape index (κ3) is 2.02. The summed E-state index contributed by atoms with van der Waals surface area (Å²) >= 11 is 5.88. The molecule has 1 aliphatic heterocycles. The Morgan fingerprint density at radius 2 is 2.27 bits per heavy atom. The van der Waals surface area contributed by atoms with Crippen LogP contribution >= 0.6 is 11.6 Å². The van der Waals surface area contributed by atoms with Gasteiger partial charge in [0.1, 0.15) is 0 Å². The fourth-order valence-electron chi connectivity index (χ4n) is 1.23. The van der Waals surface area contributed by atoms with E-state index in [4.69, 9.17) is 21.1 Å². The average Bonchev–Trinajstić information content (AvgIpc) is 2.63. The van der Waals surface area contributed by atoms with E-state index in [0.29, 0.717) is 22.1 Å². The van der Waals surface area contributed by atoms with E-state index in [1.54, 1.807) is 12.1 Å². The van der Waals surface area contributed by atoms with Crippen LogP contribution in [0.1, 0.15) is 5.56 Å². The minimum atomic E-state index is -0.543. The van der Waals surface area contributed by atoms with Crippen LogP contribution in [0.25, 0.3) is 6.08 Å². The Bertz CT molecular complexity index is 444. The first kappa shape index (κ1) is 9.79. The first-order valence-corrected chi connectivity index (χ1v) is 4.45. The van der Waals surface area contributed by atoms with Crippen LogP contribution < -0.4 is 9.47 Å². The maximum Gasteiger partial charge on any atom is 0.235 e. The van der Waals surface area contributed by atoms with Crippen molar-refractivity contribution in [3.05, 3.63) is 39.0 Å². The van der Waals surface area contributed by atoms with Crippen LogP contribution in [0.15, 0.2) is 18.3 Å². The average molecular weight is 228 g/mol. The van der Waals surface area contributed by atoms with Gasteiger partial charge in [-0.25, -0.2) is 0 Å². The smallest absolute Gasteiger partial charge is 0.235 e. The Morgan fingerprint density at radius 1 is 1.47 bits per heavy atom. The highest BCUT2D eigenvalue weighted by Gasteiger charge is 2.17. The van der Waals surface area contributed by atoms with Crippen LogP contribution in [0.3, 0.4) is 0 Å². The number of nitrogens with zero attached hydrogens (tertiary/aromatic N) is 1. The molecule has 78 valence electrons. The van der Waals surface area contributed by atoms with E-state index in [1.807, 2.05) is 0 Å². The highest BCUT2D eigenvalue weighted by molar-refractivity contribution is 6.32. The number of nitro groups is 1. The Morgan fingerprint density at radius 3 is 3.00 bits per heavy atom. The fraction of sp³-hybridized carbons (Fsp3) is 0.111. The summed E-state index contributed by atoms with van der Waals surface area (Å²) in [5.74, 6) is 0.986. The summed E-state index contributed by atoms with van der Waals surface area (Å²) < 4.78 is 10.2. The molecule has 0 saturated carbocycles. The van der Waals surface area contributed by atoms with Gasteiger partial charge in [-0.3, -0.25) is 10.1 Å². The normalized spacial score (nSPS) is 13.4. The third-order valence-corrected chi connectivity index (χ3v) is 2.12. The summed E-state index contributed by atoms with van der Waals surface area (Å²) in [6, 6.07) is 3.21. The summed E-state index contributed by atoms with van der Waals surface area (Å²) in [5, 5.41) is 10.5. The van der Waals surface area contributed by atoms with E-state index in [-0.39, 0.29) is 6.79 Å². The van der Waals surface area contributed by atoms with Gasteiger partial charge in [0, 0.05) is 6.08 Å². The molecule has 0 atom stereocenters. The van der Waals surface area contributed by atoms with Crippen molar-refractivity contribution in [2.45, 2.75) is 0 Å². The minimum absolute atomic E-state index is 0.122. The lowest BCUT2D eigenvalue weighted by atomic mass is 10.2. The van der Waals surface area contributed by atoms with Gasteiger partial charge in [-0.05, 0) is 17.7 Å². The molecule has 0 radical (unpaired) electrons. The molecule has 0 unspecified atom stereocenters. The summed E-state index contributed by atoms with van der Waals surface area (Å²) in [4.78, 5) is 9.58. The lowest BCUT2D eigenvalue weighted by Crippen LogP contribution is -1.93. The topological polar surface area (TPSA) is 61.6 Å². The van der Waals surface area contributed by atoms with Crippen LogP contribution in [0.5, 0.6) is 11.5 Å². The Hall–Kier alpha value is -1.75. The summed E-state index contributed by atoms with van der Waals surface area (Å²) in [6.45, 7) is 0.122. The van der Waals surface area contributed by atoms with Crippen LogP contribution in [0.4, 0.5) is 0 Å². The zero-order chi connectivity index (χ0) is 10.8. The van der Waals surface area contributed by atoms with Crippen LogP contribution in [0, 0.1) is 10.1 Å². The predicted molar refractivity (Wildman–Crippen MR) is 53.6 cm³/mol. The highest BCUT2D eigenvalue weighted by Crippen LogP contribution is 2.39. The first-order chi connectivity index (χ1) is 7.16. The van der Waals surface area contributed by atoms with Gasteiger partial charge in [0.05, 0.1) is 9.95 Å². The van der Waals surface area contributed by atoms with Crippen molar-refractivity contribution in [3.8, 4) is 11.5 Å². The molecule has 0 fully saturated rings. The summed E-state index contributed by atoms with van der Waals surface area (Å²) in [6.07, 6.45) is 2.18. The summed E-state index contributed by atoms with van der Waals surface area (Å²) in [7, 11) is 0. The van der Waals surface area contributed by atoms with Crippen molar-refractivity contribution >= 4 is 17.7 Å². The van der Waals surface area contributed by atoms with E-state index in [9.17, 15) is 10.1 Å². The quantitative estimate of drug-likeness (QED) is 0.575. The molecule has 1 aromatic rings. The van der Waals surface area contributed by atoms with Crippen LogP contribution in [-0.4, -0.2) is 11.7 Å². The second-order valence-electron chi connectivity index (χ2n) is 2.84. The Balaban J connectivity index is 2.35. The zero-order valence-corrected chi connectivity index (χ0v) is 8.23. The molecule has 0 amide bonds.